The number of rotatable bonds is 0. The van der Waals surface area contributed by atoms with Crippen LogP contribution in [0.3, 0.4) is 0 Å². The highest BCUT2D eigenvalue weighted by atomic mass is 32.2. The van der Waals surface area contributed by atoms with Crippen LogP contribution in [0, 0.1) is 5.92 Å². The van der Waals surface area contributed by atoms with Crippen LogP contribution in [0.1, 0.15) is 19.3 Å². The third-order valence-corrected chi connectivity index (χ3v) is 3.75. The number of hydrogen-bond acceptors (Lipinski definition) is 2. The molecule has 0 aromatic rings. The summed E-state index contributed by atoms with van der Waals surface area (Å²) in [4.78, 5) is 11.0. The van der Waals surface area contributed by atoms with E-state index in [-0.39, 0.29) is 0 Å². The summed E-state index contributed by atoms with van der Waals surface area (Å²) in [6.45, 7) is 0. The Morgan fingerprint density at radius 1 is 1.44 bits per heavy atom. The van der Waals surface area contributed by atoms with Crippen molar-refractivity contribution < 1.29 is 4.79 Å². The number of Topliss-reactive ketones (excluding diaryl/α,β-unsaturated/α-hetero) is 1. The number of thioether (sulfide) groups is 1. The molecule has 1 saturated heterocycles. The number of fused-ring (bicyclic) bond motifs is 1. The minimum atomic E-state index is 0.468. The monoisotopic (exact) mass is 142 g/mol. The molecule has 2 heteroatoms. The van der Waals surface area contributed by atoms with Crippen LogP contribution in [0.2, 0.25) is 0 Å². The SMILES string of the molecule is O=C1CSC2CCCC12. The lowest BCUT2D eigenvalue weighted by molar-refractivity contribution is -0.119. The average Bonchev–Trinajstić information content (AvgIpc) is 2.35. The minimum Gasteiger partial charge on any atom is -0.298 e. The van der Waals surface area contributed by atoms with Gasteiger partial charge in [0, 0.05) is 11.2 Å². The highest BCUT2D eigenvalue weighted by molar-refractivity contribution is 8.01. The van der Waals surface area contributed by atoms with E-state index in [1.807, 2.05) is 11.8 Å². The lowest BCUT2D eigenvalue weighted by atomic mass is 10.0. The zero-order chi connectivity index (χ0) is 6.27. The van der Waals surface area contributed by atoms with Gasteiger partial charge in [-0.3, -0.25) is 4.79 Å². The van der Waals surface area contributed by atoms with E-state index in [1.54, 1.807) is 0 Å². The standard InChI is InChI=1S/C7H10OS/c8-6-4-9-7-3-1-2-5(6)7/h5,7H,1-4H2. The van der Waals surface area contributed by atoms with Gasteiger partial charge in [-0.1, -0.05) is 6.42 Å². The normalized spacial score (nSPS) is 41.6. The van der Waals surface area contributed by atoms with E-state index in [4.69, 9.17) is 0 Å². The van der Waals surface area contributed by atoms with Gasteiger partial charge in [-0.25, -0.2) is 0 Å². The highest BCUT2D eigenvalue weighted by Crippen LogP contribution is 2.41. The Bertz CT molecular complexity index is 144. The molecule has 0 aromatic carbocycles. The zero-order valence-electron chi connectivity index (χ0n) is 5.30. The molecule has 0 N–H and O–H groups in total. The molecule has 0 aromatic heterocycles. The first-order chi connectivity index (χ1) is 4.38. The predicted molar refractivity (Wildman–Crippen MR) is 38.6 cm³/mol. The van der Waals surface area contributed by atoms with Gasteiger partial charge >= 0.3 is 0 Å². The molecular weight excluding hydrogens is 132 g/mol. The van der Waals surface area contributed by atoms with Crippen molar-refractivity contribution in [3.63, 3.8) is 0 Å². The first-order valence-electron chi connectivity index (χ1n) is 3.52. The quantitative estimate of drug-likeness (QED) is 0.509. The Hall–Kier alpha value is 0.0200. The third kappa shape index (κ3) is 0.803. The maximum Gasteiger partial charge on any atom is 0.146 e. The third-order valence-electron chi connectivity index (χ3n) is 2.31. The van der Waals surface area contributed by atoms with Gasteiger partial charge in [0.1, 0.15) is 5.78 Å². The van der Waals surface area contributed by atoms with Gasteiger partial charge in [-0.15, -0.1) is 11.8 Å². The summed E-state index contributed by atoms with van der Waals surface area (Å²) in [7, 11) is 0. The van der Waals surface area contributed by atoms with E-state index < -0.39 is 0 Å². The Balaban J connectivity index is 2.15. The average molecular weight is 142 g/mol. The summed E-state index contributed by atoms with van der Waals surface area (Å²) >= 11 is 1.87. The molecule has 0 spiro atoms. The topological polar surface area (TPSA) is 17.1 Å². The second-order valence-electron chi connectivity index (χ2n) is 2.85. The molecule has 0 bridgehead atoms. The van der Waals surface area contributed by atoms with E-state index in [2.05, 4.69) is 0 Å². The molecule has 1 saturated carbocycles. The van der Waals surface area contributed by atoms with Crippen LogP contribution in [0.25, 0.3) is 0 Å². The van der Waals surface area contributed by atoms with E-state index in [1.165, 1.54) is 19.3 Å². The molecule has 2 atom stereocenters. The predicted octanol–water partition coefficient (Wildman–Crippen LogP) is 1.47. The van der Waals surface area contributed by atoms with Gasteiger partial charge in [0.2, 0.25) is 0 Å². The fourth-order valence-electron chi connectivity index (χ4n) is 1.79. The van der Waals surface area contributed by atoms with Crippen molar-refractivity contribution in [2.75, 3.05) is 5.75 Å². The Kier molecular flexibility index (Phi) is 1.29. The first kappa shape index (κ1) is 5.78. The molecule has 0 amide bonds. The maximum absolute atomic E-state index is 11.0. The lowest BCUT2D eigenvalue weighted by Crippen LogP contribution is -2.11. The van der Waals surface area contributed by atoms with Gasteiger partial charge in [0.15, 0.2) is 0 Å². The lowest BCUT2D eigenvalue weighted by Gasteiger charge is -2.02. The Labute approximate surface area is 59.2 Å². The van der Waals surface area contributed by atoms with Crippen molar-refractivity contribution in [3.05, 3.63) is 0 Å². The minimum absolute atomic E-state index is 0.468. The molecule has 50 valence electrons. The van der Waals surface area contributed by atoms with Crippen molar-refractivity contribution in [1.82, 2.24) is 0 Å². The van der Waals surface area contributed by atoms with E-state index >= 15 is 0 Å². The van der Waals surface area contributed by atoms with Crippen molar-refractivity contribution in [3.8, 4) is 0 Å². The van der Waals surface area contributed by atoms with E-state index in [0.29, 0.717) is 11.7 Å². The summed E-state index contributed by atoms with van der Waals surface area (Å²) in [5.74, 6) is 1.78. The fourth-order valence-corrected chi connectivity index (χ4v) is 3.24. The molecule has 1 aliphatic heterocycles. The van der Waals surface area contributed by atoms with Gasteiger partial charge < -0.3 is 0 Å². The molecule has 1 heterocycles. The summed E-state index contributed by atoms with van der Waals surface area (Å²) in [5.41, 5.74) is 0. The zero-order valence-corrected chi connectivity index (χ0v) is 6.12. The number of carbonyl (C=O) groups is 1. The molecule has 2 unspecified atom stereocenters. The van der Waals surface area contributed by atoms with E-state index in [0.717, 1.165) is 11.0 Å². The molecule has 2 aliphatic rings. The van der Waals surface area contributed by atoms with Crippen LogP contribution >= 0.6 is 11.8 Å². The van der Waals surface area contributed by atoms with Crippen LogP contribution in [0.5, 0.6) is 0 Å². The van der Waals surface area contributed by atoms with Crippen LogP contribution < -0.4 is 0 Å². The van der Waals surface area contributed by atoms with Gasteiger partial charge in [0.05, 0.1) is 5.75 Å². The highest BCUT2D eigenvalue weighted by Gasteiger charge is 2.38. The van der Waals surface area contributed by atoms with Crippen molar-refractivity contribution in [1.29, 1.82) is 0 Å². The number of hydrogen-bond donors (Lipinski definition) is 0. The molecule has 2 fully saturated rings. The van der Waals surface area contributed by atoms with E-state index in [9.17, 15) is 4.79 Å². The van der Waals surface area contributed by atoms with Crippen LogP contribution in [-0.4, -0.2) is 16.8 Å². The maximum atomic E-state index is 11.0. The van der Waals surface area contributed by atoms with Gasteiger partial charge in [-0.2, -0.15) is 0 Å². The summed E-state index contributed by atoms with van der Waals surface area (Å²) in [6, 6.07) is 0. The first-order valence-corrected chi connectivity index (χ1v) is 4.57. The summed E-state index contributed by atoms with van der Waals surface area (Å²) in [6.07, 6.45) is 3.76. The van der Waals surface area contributed by atoms with Crippen LogP contribution in [0.15, 0.2) is 0 Å². The fraction of sp³-hybridized carbons (Fsp3) is 0.857. The summed E-state index contributed by atoms with van der Waals surface area (Å²) in [5, 5.41) is 0.720. The Morgan fingerprint density at radius 2 is 2.33 bits per heavy atom. The van der Waals surface area contributed by atoms with Gasteiger partial charge in [0.25, 0.3) is 0 Å². The molecule has 1 aliphatic carbocycles. The van der Waals surface area contributed by atoms with Crippen molar-refractivity contribution >= 4 is 17.5 Å². The molecule has 1 nitrogen and oxygen atoms in total. The smallest absolute Gasteiger partial charge is 0.146 e. The van der Waals surface area contributed by atoms with Crippen LogP contribution in [0.4, 0.5) is 0 Å². The van der Waals surface area contributed by atoms with Crippen molar-refractivity contribution in [2.24, 2.45) is 5.92 Å². The number of carbonyl (C=O) groups excluding carboxylic acids is 1. The largest absolute Gasteiger partial charge is 0.298 e. The molecular formula is C7H10OS. The molecule has 9 heavy (non-hydrogen) atoms. The molecule has 0 radical (unpaired) electrons. The second-order valence-corrected chi connectivity index (χ2v) is 4.08. The van der Waals surface area contributed by atoms with Crippen molar-refractivity contribution in [2.45, 2.75) is 24.5 Å². The summed E-state index contributed by atoms with van der Waals surface area (Å²) < 4.78 is 0. The Morgan fingerprint density at radius 3 is 3.11 bits per heavy atom. The van der Waals surface area contributed by atoms with Gasteiger partial charge in [-0.05, 0) is 12.8 Å². The molecule has 2 rings (SSSR count). The number of ketones is 1. The van der Waals surface area contributed by atoms with Crippen LogP contribution in [-0.2, 0) is 4.79 Å². The second kappa shape index (κ2) is 2.01.